The number of hydrogen-bond acceptors (Lipinski definition) is 5. The molecule has 6 nitrogen and oxygen atoms in total. The average molecular weight is 322 g/mol. The highest BCUT2D eigenvalue weighted by atomic mass is 15.4. The standard InChI is InChI=1S/C18H22N6/c1-13-20-14(2)24(22-13)12-15-7-5-6-10-23(15)18-11-19-16-8-3-4-9-17(16)21-18/h3-4,8-9,11,15H,5-7,10,12H2,1-2H3. The highest BCUT2D eigenvalue weighted by Crippen LogP contribution is 2.25. The van der Waals surface area contributed by atoms with Crippen LogP contribution in [0.5, 0.6) is 0 Å². The van der Waals surface area contributed by atoms with Gasteiger partial charge in [-0.1, -0.05) is 12.1 Å². The molecule has 6 heteroatoms. The van der Waals surface area contributed by atoms with Crippen molar-refractivity contribution < 1.29 is 0 Å². The van der Waals surface area contributed by atoms with Gasteiger partial charge in [0.2, 0.25) is 0 Å². The smallest absolute Gasteiger partial charge is 0.148 e. The van der Waals surface area contributed by atoms with Crippen molar-refractivity contribution >= 4 is 16.9 Å². The summed E-state index contributed by atoms with van der Waals surface area (Å²) < 4.78 is 2.02. The molecule has 4 rings (SSSR count). The van der Waals surface area contributed by atoms with E-state index in [1.54, 1.807) is 0 Å². The third-order valence-corrected chi connectivity index (χ3v) is 4.70. The van der Waals surface area contributed by atoms with E-state index in [9.17, 15) is 0 Å². The zero-order valence-corrected chi connectivity index (χ0v) is 14.2. The van der Waals surface area contributed by atoms with E-state index in [2.05, 4.69) is 20.0 Å². The van der Waals surface area contributed by atoms with Crippen molar-refractivity contribution in [3.05, 3.63) is 42.1 Å². The normalized spacial score (nSPS) is 18.2. The molecule has 1 aliphatic rings. The van der Waals surface area contributed by atoms with E-state index in [1.165, 1.54) is 12.8 Å². The molecule has 0 amide bonds. The van der Waals surface area contributed by atoms with Gasteiger partial charge in [0.05, 0.1) is 29.8 Å². The van der Waals surface area contributed by atoms with Gasteiger partial charge in [-0.2, -0.15) is 5.10 Å². The van der Waals surface area contributed by atoms with E-state index in [0.717, 1.165) is 48.0 Å². The lowest BCUT2D eigenvalue weighted by Gasteiger charge is -2.36. The summed E-state index contributed by atoms with van der Waals surface area (Å²) in [6, 6.07) is 8.41. The Labute approximate surface area is 141 Å². The van der Waals surface area contributed by atoms with Gasteiger partial charge in [0, 0.05) is 6.54 Å². The second kappa shape index (κ2) is 6.19. The number of nitrogens with zero attached hydrogens (tertiary/aromatic N) is 6. The van der Waals surface area contributed by atoms with Crippen LogP contribution in [0.2, 0.25) is 0 Å². The van der Waals surface area contributed by atoms with Gasteiger partial charge in [-0.05, 0) is 45.2 Å². The highest BCUT2D eigenvalue weighted by Gasteiger charge is 2.25. The second-order valence-corrected chi connectivity index (χ2v) is 6.45. The van der Waals surface area contributed by atoms with Crippen LogP contribution < -0.4 is 4.90 Å². The maximum absolute atomic E-state index is 4.84. The van der Waals surface area contributed by atoms with E-state index in [0.29, 0.717) is 6.04 Å². The lowest BCUT2D eigenvalue weighted by molar-refractivity contribution is 0.392. The van der Waals surface area contributed by atoms with Gasteiger partial charge in [-0.3, -0.25) is 4.98 Å². The zero-order valence-electron chi connectivity index (χ0n) is 14.2. The Hall–Kier alpha value is -2.50. The number of rotatable bonds is 3. The molecule has 3 aromatic rings. The third-order valence-electron chi connectivity index (χ3n) is 4.70. The molecule has 2 aromatic heterocycles. The van der Waals surface area contributed by atoms with Gasteiger partial charge in [0.25, 0.3) is 0 Å². The molecule has 0 radical (unpaired) electrons. The minimum absolute atomic E-state index is 0.383. The van der Waals surface area contributed by atoms with E-state index in [4.69, 9.17) is 4.98 Å². The lowest BCUT2D eigenvalue weighted by atomic mass is 10.0. The monoisotopic (exact) mass is 322 g/mol. The summed E-state index contributed by atoms with van der Waals surface area (Å²) in [5.74, 6) is 2.77. The molecule has 1 atom stereocenters. The summed E-state index contributed by atoms with van der Waals surface area (Å²) in [4.78, 5) is 16.2. The van der Waals surface area contributed by atoms with Crippen LogP contribution in [0, 0.1) is 13.8 Å². The molecule has 1 unspecified atom stereocenters. The molecule has 1 fully saturated rings. The summed E-state index contributed by atoms with van der Waals surface area (Å²) in [6.45, 7) is 5.82. The molecule has 124 valence electrons. The van der Waals surface area contributed by atoms with Crippen molar-refractivity contribution in [1.82, 2.24) is 24.7 Å². The van der Waals surface area contributed by atoms with Gasteiger partial charge in [-0.25, -0.2) is 14.6 Å². The molecular formula is C18H22N6. The van der Waals surface area contributed by atoms with Crippen LogP contribution in [0.1, 0.15) is 30.9 Å². The number of benzene rings is 1. The SMILES string of the molecule is Cc1nc(C)n(CC2CCCCN2c2cnc3ccccc3n2)n1. The number of piperidine rings is 1. The minimum Gasteiger partial charge on any atom is -0.350 e. The van der Waals surface area contributed by atoms with Crippen molar-refractivity contribution in [2.75, 3.05) is 11.4 Å². The van der Waals surface area contributed by atoms with Gasteiger partial charge < -0.3 is 4.90 Å². The summed E-state index contributed by atoms with van der Waals surface area (Å²) in [5.41, 5.74) is 1.89. The van der Waals surface area contributed by atoms with Crippen LogP contribution in [0.25, 0.3) is 11.0 Å². The summed E-state index contributed by atoms with van der Waals surface area (Å²) in [7, 11) is 0. The first-order valence-electron chi connectivity index (χ1n) is 8.57. The Morgan fingerprint density at radius 3 is 2.71 bits per heavy atom. The van der Waals surface area contributed by atoms with Crippen molar-refractivity contribution in [1.29, 1.82) is 0 Å². The fourth-order valence-electron chi connectivity index (χ4n) is 3.51. The molecule has 24 heavy (non-hydrogen) atoms. The first-order chi connectivity index (χ1) is 11.7. The Kier molecular flexibility index (Phi) is 3.88. The molecule has 3 heterocycles. The van der Waals surface area contributed by atoms with Crippen LogP contribution in [0.4, 0.5) is 5.82 Å². The van der Waals surface area contributed by atoms with Gasteiger partial charge >= 0.3 is 0 Å². The average Bonchev–Trinajstić information content (AvgIpc) is 2.92. The molecule has 0 N–H and O–H groups in total. The van der Waals surface area contributed by atoms with Crippen molar-refractivity contribution in [3.63, 3.8) is 0 Å². The number of hydrogen-bond donors (Lipinski definition) is 0. The van der Waals surface area contributed by atoms with E-state index < -0.39 is 0 Å². The van der Waals surface area contributed by atoms with Gasteiger partial charge in [-0.15, -0.1) is 0 Å². The quantitative estimate of drug-likeness (QED) is 0.742. The molecule has 0 spiro atoms. The molecule has 1 aromatic carbocycles. The maximum Gasteiger partial charge on any atom is 0.148 e. The Balaban J connectivity index is 1.64. The second-order valence-electron chi connectivity index (χ2n) is 6.45. The molecule has 1 saturated heterocycles. The molecule has 0 aliphatic carbocycles. The molecule has 0 bridgehead atoms. The number of para-hydroxylation sites is 2. The lowest BCUT2D eigenvalue weighted by Crippen LogP contribution is -2.43. The Bertz CT molecular complexity index is 856. The van der Waals surface area contributed by atoms with E-state index >= 15 is 0 Å². The predicted molar refractivity (Wildman–Crippen MR) is 94.0 cm³/mol. The van der Waals surface area contributed by atoms with Crippen LogP contribution in [0.15, 0.2) is 30.5 Å². The van der Waals surface area contributed by atoms with Crippen LogP contribution in [-0.2, 0) is 6.54 Å². The Morgan fingerprint density at radius 2 is 1.92 bits per heavy atom. The number of aromatic nitrogens is 5. The number of fused-ring (bicyclic) bond motifs is 1. The Morgan fingerprint density at radius 1 is 1.08 bits per heavy atom. The first-order valence-corrected chi connectivity index (χ1v) is 8.57. The minimum atomic E-state index is 0.383. The number of anilines is 1. The fraction of sp³-hybridized carbons (Fsp3) is 0.444. The van der Waals surface area contributed by atoms with E-state index in [-0.39, 0.29) is 0 Å². The highest BCUT2D eigenvalue weighted by molar-refractivity contribution is 5.75. The van der Waals surface area contributed by atoms with Crippen LogP contribution in [0.3, 0.4) is 0 Å². The van der Waals surface area contributed by atoms with E-state index in [1.807, 2.05) is 49.0 Å². The summed E-state index contributed by atoms with van der Waals surface area (Å²) in [6.07, 6.45) is 5.49. The topological polar surface area (TPSA) is 59.7 Å². The molecule has 0 saturated carbocycles. The van der Waals surface area contributed by atoms with Crippen molar-refractivity contribution in [2.24, 2.45) is 0 Å². The zero-order chi connectivity index (χ0) is 16.5. The number of aryl methyl sites for hydroxylation is 2. The largest absolute Gasteiger partial charge is 0.350 e. The first kappa shape index (κ1) is 15.1. The van der Waals surface area contributed by atoms with Crippen LogP contribution in [-0.4, -0.2) is 37.3 Å². The van der Waals surface area contributed by atoms with Crippen LogP contribution >= 0.6 is 0 Å². The fourth-order valence-corrected chi connectivity index (χ4v) is 3.51. The van der Waals surface area contributed by atoms with Gasteiger partial charge in [0.15, 0.2) is 0 Å². The predicted octanol–water partition coefficient (Wildman–Crippen LogP) is 2.90. The third kappa shape index (κ3) is 2.84. The summed E-state index contributed by atoms with van der Waals surface area (Å²) in [5, 5.41) is 4.53. The van der Waals surface area contributed by atoms with Crippen molar-refractivity contribution in [2.45, 2.75) is 45.7 Å². The maximum atomic E-state index is 4.84. The summed E-state index contributed by atoms with van der Waals surface area (Å²) >= 11 is 0. The van der Waals surface area contributed by atoms with Gasteiger partial charge in [0.1, 0.15) is 17.5 Å². The molecular weight excluding hydrogens is 300 g/mol. The van der Waals surface area contributed by atoms with Crippen molar-refractivity contribution in [3.8, 4) is 0 Å². The molecule has 1 aliphatic heterocycles.